The molecule has 10 heteroatoms. The number of nitrogens with one attached hydrogen (secondary N) is 2. The Morgan fingerprint density at radius 2 is 1.95 bits per heavy atom. The second-order valence-electron chi connectivity index (χ2n) is 9.61. The Bertz CT molecular complexity index is 1390. The number of aromatic amines is 1. The van der Waals surface area contributed by atoms with Gasteiger partial charge >= 0.3 is 0 Å². The molecule has 1 aliphatic heterocycles. The summed E-state index contributed by atoms with van der Waals surface area (Å²) < 4.78 is 18.1. The number of hydrogen-bond donors (Lipinski definition) is 2. The summed E-state index contributed by atoms with van der Waals surface area (Å²) in [6.07, 6.45) is 4.87. The van der Waals surface area contributed by atoms with E-state index in [2.05, 4.69) is 22.1 Å². The van der Waals surface area contributed by atoms with Crippen LogP contribution in [0, 0.1) is 12.8 Å². The van der Waals surface area contributed by atoms with Gasteiger partial charge in [-0.25, -0.2) is 0 Å². The number of rotatable bonds is 8. The van der Waals surface area contributed by atoms with E-state index in [-0.39, 0.29) is 23.5 Å². The van der Waals surface area contributed by atoms with Crippen LogP contribution in [0.4, 0.5) is 0 Å². The fraction of sp³-hybridized carbons (Fsp3) is 0.407. The molecule has 1 aliphatic rings. The van der Waals surface area contributed by atoms with Crippen molar-refractivity contribution in [2.45, 2.75) is 37.7 Å². The van der Waals surface area contributed by atoms with E-state index in [1.165, 1.54) is 6.20 Å². The van der Waals surface area contributed by atoms with Crippen LogP contribution < -0.4 is 15.6 Å². The van der Waals surface area contributed by atoms with Crippen LogP contribution in [0.5, 0.6) is 5.75 Å². The monoisotopic (exact) mass is 563 g/mol. The van der Waals surface area contributed by atoms with Gasteiger partial charge in [-0.3, -0.25) is 13.8 Å². The first kappa shape index (κ1) is 27.6. The minimum Gasteiger partial charge on any atom is -0.489 e. The van der Waals surface area contributed by atoms with E-state index in [1.54, 1.807) is 24.5 Å². The van der Waals surface area contributed by atoms with Gasteiger partial charge in [-0.15, -0.1) is 0 Å². The summed E-state index contributed by atoms with van der Waals surface area (Å²) in [6, 6.07) is 8.55. The maximum Gasteiger partial charge on any atom is 0.255 e. The van der Waals surface area contributed by atoms with E-state index >= 15 is 0 Å². The molecule has 7 nitrogen and oxygen atoms in total. The zero-order chi connectivity index (χ0) is 26.7. The van der Waals surface area contributed by atoms with Crippen molar-refractivity contribution in [1.29, 1.82) is 0 Å². The third-order valence-electron chi connectivity index (χ3n) is 6.74. The van der Waals surface area contributed by atoms with Gasteiger partial charge in [0.2, 0.25) is 0 Å². The normalized spacial score (nSPS) is 16.5. The summed E-state index contributed by atoms with van der Waals surface area (Å²) in [7, 11) is -1.22. The molecular weight excluding hydrogens is 533 g/mol. The molecule has 2 N–H and O–H groups in total. The van der Waals surface area contributed by atoms with E-state index < -0.39 is 10.8 Å². The van der Waals surface area contributed by atoms with Crippen molar-refractivity contribution in [3.63, 3.8) is 0 Å². The Morgan fingerprint density at radius 3 is 2.65 bits per heavy atom. The summed E-state index contributed by atoms with van der Waals surface area (Å²) in [6.45, 7) is 7.12. The maximum atomic E-state index is 13.0. The van der Waals surface area contributed by atoms with Crippen LogP contribution in [0.3, 0.4) is 0 Å². The highest BCUT2D eigenvalue weighted by Crippen LogP contribution is 2.34. The number of halogens is 2. The first-order valence-corrected chi connectivity index (χ1v) is 14.6. The summed E-state index contributed by atoms with van der Waals surface area (Å²) in [5.74, 6) is 0.627. The van der Waals surface area contributed by atoms with E-state index in [0.717, 1.165) is 38.0 Å². The Morgan fingerprint density at radius 1 is 1.22 bits per heavy atom. The zero-order valence-electron chi connectivity index (χ0n) is 21.1. The number of H-pyrrole nitrogens is 1. The second-order valence-corrected chi connectivity index (χ2v) is 11.8. The van der Waals surface area contributed by atoms with Gasteiger partial charge in [0.1, 0.15) is 11.9 Å². The summed E-state index contributed by atoms with van der Waals surface area (Å²) in [5, 5.41) is 5.08. The topological polar surface area (TPSA) is 91.5 Å². The van der Waals surface area contributed by atoms with Crippen LogP contribution >= 0.6 is 23.2 Å². The van der Waals surface area contributed by atoms with Gasteiger partial charge in [-0.2, -0.15) is 0 Å². The van der Waals surface area contributed by atoms with Gasteiger partial charge in [-0.05, 0) is 61.6 Å². The quantitative estimate of drug-likeness (QED) is 0.411. The van der Waals surface area contributed by atoms with E-state index in [4.69, 9.17) is 27.9 Å². The number of aromatic nitrogens is 1. The average Bonchev–Trinajstić information content (AvgIpc) is 2.88. The number of likely N-dealkylation sites (tertiary alicyclic amines) is 1. The minimum absolute atomic E-state index is 0.0974. The SMILES string of the molecule is Cc1c(Cl)ccc(OC2CCN(C[C@H](C)CNC(=O)c3c[nH]c(=O)c4ccc(S(C)=O)cc34)CC2)c1Cl. The second kappa shape index (κ2) is 12.0. The highest BCUT2D eigenvalue weighted by atomic mass is 35.5. The predicted molar refractivity (Wildman–Crippen MR) is 150 cm³/mol. The van der Waals surface area contributed by atoms with Gasteiger partial charge < -0.3 is 19.9 Å². The number of ether oxygens (including phenoxy) is 1. The molecule has 1 aromatic heterocycles. The van der Waals surface area contributed by atoms with E-state index in [0.29, 0.717) is 43.6 Å². The van der Waals surface area contributed by atoms with Crippen molar-refractivity contribution < 1.29 is 13.7 Å². The molecule has 1 unspecified atom stereocenters. The van der Waals surface area contributed by atoms with Gasteiger partial charge in [0.15, 0.2) is 0 Å². The number of carbonyl (C=O) groups is 1. The minimum atomic E-state index is -1.22. The van der Waals surface area contributed by atoms with Crippen molar-refractivity contribution in [3.8, 4) is 5.75 Å². The number of benzene rings is 2. The van der Waals surface area contributed by atoms with Crippen molar-refractivity contribution in [2.24, 2.45) is 5.92 Å². The number of piperidine rings is 1. The fourth-order valence-electron chi connectivity index (χ4n) is 4.59. The predicted octanol–water partition coefficient (Wildman–Crippen LogP) is 4.79. The van der Waals surface area contributed by atoms with Gasteiger partial charge in [-0.1, -0.05) is 30.1 Å². The molecule has 2 heterocycles. The highest BCUT2D eigenvalue weighted by Gasteiger charge is 2.23. The molecule has 2 atom stereocenters. The number of fused-ring (bicyclic) bond motifs is 1. The van der Waals surface area contributed by atoms with Gasteiger partial charge in [0.25, 0.3) is 11.5 Å². The lowest BCUT2D eigenvalue weighted by Gasteiger charge is -2.34. The summed E-state index contributed by atoms with van der Waals surface area (Å²) >= 11 is 12.5. The van der Waals surface area contributed by atoms with Crippen molar-refractivity contribution in [3.05, 3.63) is 68.1 Å². The number of nitrogens with zero attached hydrogens (tertiary/aromatic N) is 1. The molecule has 1 amide bonds. The van der Waals surface area contributed by atoms with Crippen LogP contribution in [0.25, 0.3) is 10.8 Å². The standard InChI is InChI=1S/C27H31Cl2N3O4S/c1-16(15-32-10-8-18(9-11-32)36-24-7-6-23(28)17(2)25(24)29)13-30-27(34)22-14-31-26(33)20-5-4-19(37(3)35)12-21(20)22/h4-7,12,14,16,18H,8-11,13,15H2,1-3H3,(H,30,34)(H,31,33)/t16-,37?/m1/s1. The molecular formula is C27H31Cl2N3O4S. The third kappa shape index (κ3) is 6.55. The largest absolute Gasteiger partial charge is 0.489 e. The molecule has 0 spiro atoms. The van der Waals surface area contributed by atoms with Crippen LogP contribution in [0.1, 0.15) is 35.7 Å². The van der Waals surface area contributed by atoms with Gasteiger partial charge in [0.05, 0.1) is 10.6 Å². The zero-order valence-corrected chi connectivity index (χ0v) is 23.4. The molecule has 37 heavy (non-hydrogen) atoms. The van der Waals surface area contributed by atoms with Crippen molar-refractivity contribution in [1.82, 2.24) is 15.2 Å². The molecule has 0 bridgehead atoms. The first-order valence-electron chi connectivity index (χ1n) is 12.2. The molecule has 3 aromatic rings. The molecule has 0 saturated carbocycles. The lowest BCUT2D eigenvalue weighted by molar-refractivity contribution is 0.0886. The Kier molecular flexibility index (Phi) is 8.95. The smallest absolute Gasteiger partial charge is 0.255 e. The lowest BCUT2D eigenvalue weighted by atomic mass is 10.0. The van der Waals surface area contributed by atoms with Crippen LogP contribution in [0.2, 0.25) is 10.0 Å². The highest BCUT2D eigenvalue weighted by molar-refractivity contribution is 7.84. The van der Waals surface area contributed by atoms with Crippen LogP contribution in [-0.4, -0.2) is 58.5 Å². The molecule has 1 saturated heterocycles. The number of hydrogen-bond acceptors (Lipinski definition) is 5. The number of carbonyl (C=O) groups excluding carboxylic acids is 1. The van der Waals surface area contributed by atoms with Crippen molar-refractivity contribution in [2.75, 3.05) is 32.4 Å². The van der Waals surface area contributed by atoms with Crippen molar-refractivity contribution >= 4 is 50.7 Å². The van der Waals surface area contributed by atoms with E-state index in [1.807, 2.05) is 19.1 Å². The molecule has 4 rings (SSSR count). The summed E-state index contributed by atoms with van der Waals surface area (Å²) in [4.78, 5) is 30.8. The average molecular weight is 565 g/mol. The molecule has 0 aliphatic carbocycles. The lowest BCUT2D eigenvalue weighted by Crippen LogP contribution is -2.42. The third-order valence-corrected chi connectivity index (χ3v) is 8.54. The first-order chi connectivity index (χ1) is 17.6. The Labute approximate surface area is 228 Å². The number of pyridine rings is 1. The summed E-state index contributed by atoms with van der Waals surface area (Å²) in [5.41, 5.74) is 0.905. The molecule has 198 valence electrons. The van der Waals surface area contributed by atoms with Crippen LogP contribution in [0.15, 0.2) is 46.2 Å². The van der Waals surface area contributed by atoms with Crippen LogP contribution in [-0.2, 0) is 10.8 Å². The molecule has 1 fully saturated rings. The number of amides is 1. The fourth-order valence-corrected chi connectivity index (χ4v) is 5.55. The molecule has 0 radical (unpaired) electrons. The Balaban J connectivity index is 1.30. The van der Waals surface area contributed by atoms with E-state index in [9.17, 15) is 13.8 Å². The Hall–Kier alpha value is -2.39. The van der Waals surface area contributed by atoms with Gasteiger partial charge in [0, 0.05) is 70.1 Å². The molecule has 2 aromatic carbocycles. The maximum absolute atomic E-state index is 13.0.